The van der Waals surface area contributed by atoms with E-state index in [2.05, 4.69) is 20.5 Å². The van der Waals surface area contributed by atoms with Crippen molar-refractivity contribution in [2.45, 2.75) is 31.5 Å². The van der Waals surface area contributed by atoms with Crippen molar-refractivity contribution >= 4 is 0 Å². The second-order valence-corrected chi connectivity index (χ2v) is 3.75. The molecule has 1 unspecified atom stereocenters. The van der Waals surface area contributed by atoms with Crippen LogP contribution in [0.4, 0.5) is 13.2 Å². The molecule has 0 spiro atoms. The lowest BCUT2D eigenvalue weighted by Gasteiger charge is -2.09. The maximum atomic E-state index is 12.3. The summed E-state index contributed by atoms with van der Waals surface area (Å²) in [7, 11) is 0. The Balaban J connectivity index is 2.09. The van der Waals surface area contributed by atoms with Crippen LogP contribution >= 0.6 is 0 Å². The van der Waals surface area contributed by atoms with E-state index in [-0.39, 0.29) is 11.9 Å². The Hall–Kier alpha value is -1.24. The van der Waals surface area contributed by atoms with E-state index < -0.39 is 11.9 Å². The van der Waals surface area contributed by atoms with Crippen molar-refractivity contribution in [1.29, 1.82) is 0 Å². The summed E-state index contributed by atoms with van der Waals surface area (Å²) in [5.41, 5.74) is -0.976. The third-order valence-corrected chi connectivity index (χ3v) is 2.48. The molecule has 0 radical (unpaired) electrons. The molecular formula is C9H11F3N4. The molecule has 1 fully saturated rings. The summed E-state index contributed by atoms with van der Waals surface area (Å²) in [5.74, 6) is 0.147. The molecule has 2 rings (SSSR count). The topological polar surface area (TPSA) is 50.7 Å². The highest BCUT2D eigenvalue weighted by Gasteiger charge is 2.33. The molecule has 1 N–H and O–H groups in total. The van der Waals surface area contributed by atoms with E-state index in [9.17, 15) is 13.2 Å². The molecule has 0 aromatic carbocycles. The summed E-state index contributed by atoms with van der Waals surface area (Å²) in [4.78, 5) is 3.47. The molecule has 0 saturated carbocycles. The standard InChI is InChI=1S/C9H11F3N4/c10-9(11,12)7-5-14-16-8(15-7)4-6-2-1-3-13-6/h5-6,13H,1-4H2. The minimum absolute atomic E-state index is 0.147. The number of hydrogen-bond acceptors (Lipinski definition) is 4. The quantitative estimate of drug-likeness (QED) is 0.832. The third kappa shape index (κ3) is 2.66. The molecule has 4 nitrogen and oxygen atoms in total. The highest BCUT2D eigenvalue weighted by molar-refractivity contribution is 5.02. The third-order valence-electron chi connectivity index (χ3n) is 2.48. The number of nitrogens with one attached hydrogen (secondary N) is 1. The zero-order valence-corrected chi connectivity index (χ0v) is 8.46. The van der Waals surface area contributed by atoms with E-state index >= 15 is 0 Å². The van der Waals surface area contributed by atoms with Gasteiger partial charge in [0.1, 0.15) is 0 Å². The summed E-state index contributed by atoms with van der Waals surface area (Å²) in [6, 6.07) is 0.172. The van der Waals surface area contributed by atoms with Gasteiger partial charge in [0.25, 0.3) is 0 Å². The fraction of sp³-hybridized carbons (Fsp3) is 0.667. The second kappa shape index (κ2) is 4.32. The number of hydrogen-bond donors (Lipinski definition) is 1. The predicted octanol–water partition coefficient (Wildman–Crippen LogP) is 1.18. The molecule has 1 saturated heterocycles. The molecule has 7 heteroatoms. The van der Waals surface area contributed by atoms with Crippen molar-refractivity contribution < 1.29 is 13.2 Å². The summed E-state index contributed by atoms with van der Waals surface area (Å²) >= 11 is 0. The monoisotopic (exact) mass is 232 g/mol. The van der Waals surface area contributed by atoms with Crippen LogP contribution in [0, 0.1) is 0 Å². The molecule has 2 heterocycles. The molecule has 1 atom stereocenters. The first-order valence-electron chi connectivity index (χ1n) is 5.05. The molecule has 1 aliphatic rings. The number of nitrogens with zero attached hydrogens (tertiary/aromatic N) is 3. The molecule has 1 aromatic rings. The highest BCUT2D eigenvalue weighted by atomic mass is 19.4. The van der Waals surface area contributed by atoms with Crippen molar-refractivity contribution in [3.63, 3.8) is 0 Å². The highest BCUT2D eigenvalue weighted by Crippen LogP contribution is 2.26. The van der Waals surface area contributed by atoms with Crippen molar-refractivity contribution in [2.75, 3.05) is 6.54 Å². The second-order valence-electron chi connectivity index (χ2n) is 3.75. The molecule has 88 valence electrons. The van der Waals surface area contributed by atoms with Crippen LogP contribution in [-0.4, -0.2) is 27.8 Å². The summed E-state index contributed by atoms with van der Waals surface area (Å²) in [6.45, 7) is 0.900. The Morgan fingerprint density at radius 2 is 2.25 bits per heavy atom. The lowest BCUT2D eigenvalue weighted by molar-refractivity contribution is -0.141. The minimum atomic E-state index is -4.45. The van der Waals surface area contributed by atoms with E-state index in [0.717, 1.165) is 19.4 Å². The molecule has 0 bridgehead atoms. The maximum absolute atomic E-state index is 12.3. The lowest BCUT2D eigenvalue weighted by atomic mass is 10.1. The zero-order chi connectivity index (χ0) is 11.6. The predicted molar refractivity (Wildman–Crippen MR) is 49.6 cm³/mol. The Kier molecular flexibility index (Phi) is 3.04. The fourth-order valence-corrected chi connectivity index (χ4v) is 1.71. The van der Waals surface area contributed by atoms with Crippen LogP contribution < -0.4 is 5.32 Å². The Morgan fingerprint density at radius 3 is 2.88 bits per heavy atom. The molecule has 0 aliphatic carbocycles. The maximum Gasteiger partial charge on any atom is 0.435 e. The van der Waals surface area contributed by atoms with E-state index in [0.29, 0.717) is 12.6 Å². The van der Waals surface area contributed by atoms with Gasteiger partial charge in [-0.05, 0) is 19.4 Å². The van der Waals surface area contributed by atoms with Crippen LogP contribution in [0.15, 0.2) is 6.20 Å². The van der Waals surface area contributed by atoms with Gasteiger partial charge in [0.15, 0.2) is 11.5 Å². The fourth-order valence-electron chi connectivity index (χ4n) is 1.71. The van der Waals surface area contributed by atoms with Gasteiger partial charge in [-0.1, -0.05) is 0 Å². The SMILES string of the molecule is FC(F)(F)c1cnnc(CC2CCCN2)n1. The van der Waals surface area contributed by atoms with Gasteiger partial charge in [-0.2, -0.15) is 18.3 Å². The van der Waals surface area contributed by atoms with Crippen LogP contribution in [0.1, 0.15) is 24.4 Å². The van der Waals surface area contributed by atoms with Crippen LogP contribution in [-0.2, 0) is 12.6 Å². The summed E-state index contributed by atoms with van der Waals surface area (Å²) < 4.78 is 37.0. The number of halogens is 3. The first-order chi connectivity index (χ1) is 7.55. The van der Waals surface area contributed by atoms with Gasteiger partial charge < -0.3 is 5.32 Å². The Morgan fingerprint density at radius 1 is 1.44 bits per heavy atom. The van der Waals surface area contributed by atoms with Crippen molar-refractivity contribution in [3.05, 3.63) is 17.7 Å². The van der Waals surface area contributed by atoms with Crippen molar-refractivity contribution in [3.8, 4) is 0 Å². The average Bonchev–Trinajstić information content (AvgIpc) is 2.70. The van der Waals surface area contributed by atoms with Gasteiger partial charge in [-0.15, -0.1) is 5.10 Å². The molecule has 16 heavy (non-hydrogen) atoms. The van der Waals surface area contributed by atoms with Crippen molar-refractivity contribution in [2.24, 2.45) is 0 Å². The van der Waals surface area contributed by atoms with Gasteiger partial charge in [-0.25, -0.2) is 4.98 Å². The van der Waals surface area contributed by atoms with Gasteiger partial charge in [-0.3, -0.25) is 0 Å². The smallest absolute Gasteiger partial charge is 0.314 e. The number of rotatable bonds is 2. The molecule has 1 aromatic heterocycles. The lowest BCUT2D eigenvalue weighted by Crippen LogP contribution is -2.25. The number of alkyl halides is 3. The summed E-state index contributed by atoms with van der Waals surface area (Å²) in [5, 5.41) is 10.1. The van der Waals surface area contributed by atoms with Crippen molar-refractivity contribution in [1.82, 2.24) is 20.5 Å². The van der Waals surface area contributed by atoms with Gasteiger partial charge in [0.05, 0.1) is 6.20 Å². The number of aromatic nitrogens is 3. The van der Waals surface area contributed by atoms with Crippen LogP contribution in [0.3, 0.4) is 0 Å². The average molecular weight is 232 g/mol. The van der Waals surface area contributed by atoms with E-state index in [1.807, 2.05) is 0 Å². The first-order valence-corrected chi connectivity index (χ1v) is 5.05. The summed E-state index contributed by atoms with van der Waals surface area (Å²) in [6.07, 6.45) is -1.42. The largest absolute Gasteiger partial charge is 0.435 e. The van der Waals surface area contributed by atoms with Gasteiger partial charge in [0, 0.05) is 12.5 Å². The first kappa shape index (κ1) is 11.3. The minimum Gasteiger partial charge on any atom is -0.314 e. The van der Waals surface area contributed by atoms with E-state index in [1.165, 1.54) is 0 Å². The van der Waals surface area contributed by atoms with Crippen LogP contribution in [0.2, 0.25) is 0 Å². The Labute approximate surface area is 90.3 Å². The van der Waals surface area contributed by atoms with Crippen LogP contribution in [0.25, 0.3) is 0 Å². The zero-order valence-electron chi connectivity index (χ0n) is 8.46. The van der Waals surface area contributed by atoms with Gasteiger partial charge >= 0.3 is 6.18 Å². The van der Waals surface area contributed by atoms with Crippen LogP contribution in [0.5, 0.6) is 0 Å². The Bertz CT molecular complexity index is 360. The van der Waals surface area contributed by atoms with Gasteiger partial charge in [0.2, 0.25) is 0 Å². The van der Waals surface area contributed by atoms with E-state index in [1.54, 1.807) is 0 Å². The molecule has 1 aliphatic heterocycles. The molecule has 0 amide bonds. The van der Waals surface area contributed by atoms with E-state index in [4.69, 9.17) is 0 Å². The molecular weight excluding hydrogens is 221 g/mol. The normalized spacial score (nSPS) is 21.3.